The first-order valence-electron chi connectivity index (χ1n) is 3.37. The Balaban J connectivity index is 2.62. The van der Waals surface area contributed by atoms with Crippen LogP contribution in [0.1, 0.15) is 6.42 Å². The van der Waals surface area contributed by atoms with Crippen molar-refractivity contribution in [1.29, 1.82) is 0 Å². The second kappa shape index (κ2) is 2.51. The molecule has 1 heterocycles. The Bertz CT molecular complexity index is 210. The molecule has 3 nitrogen and oxygen atoms in total. The zero-order chi connectivity index (χ0) is 7.78. The highest BCUT2D eigenvalue weighted by Crippen LogP contribution is 2.13. The first-order valence-corrected chi connectivity index (χ1v) is 5.33. The van der Waals surface area contributed by atoms with Crippen LogP contribution in [-0.4, -0.2) is 45.0 Å². The summed E-state index contributed by atoms with van der Waals surface area (Å²) in [6.07, 6.45) is 2.12. The lowest BCUT2D eigenvalue weighted by atomic mass is 10.4. The number of rotatable bonds is 1. The molecule has 1 aliphatic heterocycles. The molecule has 1 rings (SSSR count). The van der Waals surface area contributed by atoms with Crippen molar-refractivity contribution in [2.45, 2.75) is 11.7 Å². The van der Waals surface area contributed by atoms with Crippen molar-refractivity contribution in [3.05, 3.63) is 0 Å². The minimum atomic E-state index is -2.78. The Labute approximate surface area is 61.9 Å². The highest BCUT2D eigenvalue weighted by molar-refractivity contribution is 7.91. The molecule has 0 radical (unpaired) electrons. The van der Waals surface area contributed by atoms with Gasteiger partial charge in [-0.1, -0.05) is 0 Å². The van der Waals surface area contributed by atoms with Crippen molar-refractivity contribution in [3.8, 4) is 0 Å². The molecule has 0 amide bonds. The Hall–Kier alpha value is -0.0900. The van der Waals surface area contributed by atoms with Gasteiger partial charge in [0.25, 0.3) is 0 Å². The van der Waals surface area contributed by atoms with Crippen molar-refractivity contribution < 1.29 is 8.42 Å². The van der Waals surface area contributed by atoms with E-state index in [4.69, 9.17) is 0 Å². The van der Waals surface area contributed by atoms with Crippen LogP contribution in [0.15, 0.2) is 0 Å². The molecule has 0 spiro atoms. The fraction of sp³-hybridized carbons (Fsp3) is 1.00. The molecule has 1 atom stereocenters. The van der Waals surface area contributed by atoms with Gasteiger partial charge in [0.2, 0.25) is 0 Å². The molecule has 0 bridgehead atoms. The molecular weight excluding hydrogens is 150 g/mol. The molecule has 1 saturated heterocycles. The van der Waals surface area contributed by atoms with Gasteiger partial charge in [0.05, 0.1) is 5.25 Å². The van der Waals surface area contributed by atoms with Gasteiger partial charge in [0.1, 0.15) is 0 Å². The minimum absolute atomic E-state index is 0.113. The van der Waals surface area contributed by atoms with E-state index in [1.54, 1.807) is 0 Å². The molecule has 10 heavy (non-hydrogen) atoms. The maximum absolute atomic E-state index is 11.0. The third kappa shape index (κ3) is 1.70. The van der Waals surface area contributed by atoms with Crippen LogP contribution in [0.3, 0.4) is 0 Å². The quantitative estimate of drug-likeness (QED) is 0.534. The topological polar surface area (TPSA) is 37.4 Å². The SMILES string of the molecule is CN1CC[C@H](S(C)(=O)=O)C1. The summed E-state index contributed by atoms with van der Waals surface area (Å²) in [5.41, 5.74) is 0. The zero-order valence-corrected chi connectivity index (χ0v) is 7.19. The first-order chi connectivity index (χ1) is 4.50. The molecule has 0 aromatic rings. The van der Waals surface area contributed by atoms with Crippen molar-refractivity contribution in [2.75, 3.05) is 26.4 Å². The number of sulfone groups is 1. The van der Waals surface area contributed by atoms with E-state index in [-0.39, 0.29) is 5.25 Å². The van der Waals surface area contributed by atoms with Crippen LogP contribution in [0.25, 0.3) is 0 Å². The van der Waals surface area contributed by atoms with Crippen LogP contribution in [0.2, 0.25) is 0 Å². The van der Waals surface area contributed by atoms with Crippen LogP contribution in [0.4, 0.5) is 0 Å². The summed E-state index contributed by atoms with van der Waals surface area (Å²) in [6, 6.07) is 0. The van der Waals surface area contributed by atoms with Gasteiger partial charge >= 0.3 is 0 Å². The van der Waals surface area contributed by atoms with Gasteiger partial charge in [-0.05, 0) is 20.0 Å². The summed E-state index contributed by atoms with van der Waals surface area (Å²) < 4.78 is 21.9. The normalized spacial score (nSPS) is 29.2. The fourth-order valence-corrected chi connectivity index (χ4v) is 2.30. The lowest BCUT2D eigenvalue weighted by Gasteiger charge is -2.06. The number of likely N-dealkylation sites (tertiary alicyclic amines) is 1. The maximum Gasteiger partial charge on any atom is 0.151 e. The fourth-order valence-electron chi connectivity index (χ4n) is 1.24. The van der Waals surface area contributed by atoms with Gasteiger partial charge in [0, 0.05) is 12.8 Å². The van der Waals surface area contributed by atoms with Gasteiger partial charge < -0.3 is 4.90 Å². The van der Waals surface area contributed by atoms with Crippen LogP contribution < -0.4 is 0 Å². The summed E-state index contributed by atoms with van der Waals surface area (Å²) in [5.74, 6) is 0. The molecule has 1 aliphatic rings. The molecule has 0 aliphatic carbocycles. The minimum Gasteiger partial charge on any atom is -0.305 e. The predicted octanol–water partition coefficient (Wildman–Crippen LogP) is -0.265. The molecule has 0 saturated carbocycles. The molecule has 0 aromatic carbocycles. The average molecular weight is 163 g/mol. The van der Waals surface area contributed by atoms with Crippen LogP contribution in [0.5, 0.6) is 0 Å². The van der Waals surface area contributed by atoms with E-state index in [0.29, 0.717) is 6.54 Å². The second-order valence-electron chi connectivity index (χ2n) is 3.00. The van der Waals surface area contributed by atoms with Gasteiger partial charge in [-0.15, -0.1) is 0 Å². The smallest absolute Gasteiger partial charge is 0.151 e. The van der Waals surface area contributed by atoms with Gasteiger partial charge in [-0.2, -0.15) is 0 Å². The Morgan fingerprint density at radius 3 is 2.30 bits per heavy atom. The van der Waals surface area contributed by atoms with E-state index in [2.05, 4.69) is 0 Å². The Morgan fingerprint density at radius 1 is 1.50 bits per heavy atom. The third-order valence-corrected chi connectivity index (χ3v) is 3.55. The van der Waals surface area contributed by atoms with E-state index < -0.39 is 9.84 Å². The second-order valence-corrected chi connectivity index (χ2v) is 5.33. The highest BCUT2D eigenvalue weighted by Gasteiger charge is 2.27. The summed E-state index contributed by atoms with van der Waals surface area (Å²) in [7, 11) is -0.828. The van der Waals surface area contributed by atoms with E-state index in [1.807, 2.05) is 11.9 Å². The predicted molar refractivity (Wildman–Crippen MR) is 40.7 cm³/mol. The molecule has 60 valence electrons. The van der Waals surface area contributed by atoms with Crippen LogP contribution in [0, 0.1) is 0 Å². The van der Waals surface area contributed by atoms with Gasteiger partial charge in [-0.3, -0.25) is 0 Å². The van der Waals surface area contributed by atoms with E-state index in [0.717, 1.165) is 13.0 Å². The molecule has 0 unspecified atom stereocenters. The summed E-state index contributed by atoms with van der Waals surface area (Å²) >= 11 is 0. The van der Waals surface area contributed by atoms with Crippen LogP contribution >= 0.6 is 0 Å². The molecular formula is C6H13NO2S. The monoisotopic (exact) mass is 163 g/mol. The number of hydrogen-bond donors (Lipinski definition) is 0. The Morgan fingerprint density at radius 2 is 2.10 bits per heavy atom. The molecule has 0 N–H and O–H groups in total. The van der Waals surface area contributed by atoms with E-state index >= 15 is 0 Å². The van der Waals surface area contributed by atoms with Gasteiger partial charge in [0.15, 0.2) is 9.84 Å². The third-order valence-electron chi connectivity index (χ3n) is 1.95. The number of hydrogen-bond acceptors (Lipinski definition) is 3. The van der Waals surface area contributed by atoms with Crippen molar-refractivity contribution in [2.24, 2.45) is 0 Å². The van der Waals surface area contributed by atoms with Crippen molar-refractivity contribution in [3.63, 3.8) is 0 Å². The summed E-state index contributed by atoms with van der Waals surface area (Å²) in [4.78, 5) is 2.05. The zero-order valence-electron chi connectivity index (χ0n) is 6.37. The van der Waals surface area contributed by atoms with E-state index in [1.165, 1.54) is 6.26 Å². The number of nitrogens with zero attached hydrogens (tertiary/aromatic N) is 1. The first kappa shape index (κ1) is 8.01. The van der Waals surface area contributed by atoms with Crippen molar-refractivity contribution >= 4 is 9.84 Å². The van der Waals surface area contributed by atoms with E-state index in [9.17, 15) is 8.42 Å². The maximum atomic E-state index is 11.0. The van der Waals surface area contributed by atoms with Crippen molar-refractivity contribution in [1.82, 2.24) is 4.90 Å². The lowest BCUT2D eigenvalue weighted by Crippen LogP contribution is -2.23. The molecule has 1 fully saturated rings. The average Bonchev–Trinajstić information content (AvgIpc) is 2.11. The van der Waals surface area contributed by atoms with Crippen LogP contribution in [-0.2, 0) is 9.84 Å². The summed E-state index contributed by atoms with van der Waals surface area (Å²) in [5, 5.41) is -0.113. The Kier molecular flexibility index (Phi) is 2.01. The highest BCUT2D eigenvalue weighted by atomic mass is 32.2. The molecule has 4 heteroatoms. The summed E-state index contributed by atoms with van der Waals surface area (Å²) in [6.45, 7) is 1.62. The lowest BCUT2D eigenvalue weighted by molar-refractivity contribution is 0.417. The van der Waals surface area contributed by atoms with Gasteiger partial charge in [-0.25, -0.2) is 8.42 Å². The molecule has 0 aromatic heterocycles. The standard InChI is InChI=1S/C6H13NO2S/c1-7-4-3-6(5-7)10(2,8)9/h6H,3-5H2,1-2H3/t6-/m0/s1. The largest absolute Gasteiger partial charge is 0.305 e.